The largest absolute Gasteiger partial charge is 0.507 e. The number of benzene rings is 1. The standard InChI is InChI=1S/C14H17N3O3/c1-4-20-14(19)12-11(15-17-16-12)10-7-5-6-9(8(2)3)13(10)18/h5-8,18H,4H2,1-3H3,(H,15,16,17). The minimum Gasteiger partial charge on any atom is -0.507 e. The van der Waals surface area contributed by atoms with Crippen LogP contribution in [-0.4, -0.2) is 33.1 Å². The number of phenols is 1. The molecule has 0 saturated heterocycles. The second-order valence-electron chi connectivity index (χ2n) is 4.64. The summed E-state index contributed by atoms with van der Waals surface area (Å²) in [4.78, 5) is 11.8. The summed E-state index contributed by atoms with van der Waals surface area (Å²) < 4.78 is 4.92. The van der Waals surface area contributed by atoms with Crippen molar-refractivity contribution < 1.29 is 14.6 Å². The minimum atomic E-state index is -0.564. The van der Waals surface area contributed by atoms with E-state index in [1.54, 1.807) is 13.0 Å². The number of nitrogens with one attached hydrogen (secondary N) is 1. The van der Waals surface area contributed by atoms with E-state index in [-0.39, 0.29) is 24.0 Å². The van der Waals surface area contributed by atoms with E-state index in [1.807, 2.05) is 26.0 Å². The average molecular weight is 275 g/mol. The molecule has 1 aromatic heterocycles. The molecular formula is C14H17N3O3. The number of carbonyl (C=O) groups is 1. The van der Waals surface area contributed by atoms with E-state index in [9.17, 15) is 9.90 Å². The van der Waals surface area contributed by atoms with Crippen LogP contribution in [0, 0.1) is 0 Å². The smallest absolute Gasteiger partial charge is 0.361 e. The fourth-order valence-electron chi connectivity index (χ4n) is 1.98. The Balaban J connectivity index is 2.51. The molecule has 1 heterocycles. The summed E-state index contributed by atoms with van der Waals surface area (Å²) in [5.41, 5.74) is 1.62. The number of aromatic hydroxyl groups is 1. The number of para-hydroxylation sites is 1. The van der Waals surface area contributed by atoms with Gasteiger partial charge >= 0.3 is 5.97 Å². The third-order valence-electron chi connectivity index (χ3n) is 2.96. The van der Waals surface area contributed by atoms with Gasteiger partial charge in [-0.05, 0) is 24.5 Å². The van der Waals surface area contributed by atoms with Crippen molar-refractivity contribution in [3.05, 3.63) is 29.5 Å². The Bertz CT molecular complexity index is 620. The van der Waals surface area contributed by atoms with Crippen molar-refractivity contribution in [3.8, 4) is 17.0 Å². The molecule has 2 rings (SSSR count). The third-order valence-corrected chi connectivity index (χ3v) is 2.96. The van der Waals surface area contributed by atoms with Gasteiger partial charge in [-0.1, -0.05) is 26.0 Å². The van der Waals surface area contributed by atoms with Gasteiger partial charge in [-0.3, -0.25) is 0 Å². The zero-order valence-electron chi connectivity index (χ0n) is 11.7. The number of aromatic amines is 1. The normalized spacial score (nSPS) is 10.8. The van der Waals surface area contributed by atoms with Gasteiger partial charge in [0.1, 0.15) is 11.4 Å². The maximum atomic E-state index is 11.8. The number of carbonyl (C=O) groups excluding carboxylic acids is 1. The zero-order valence-corrected chi connectivity index (χ0v) is 11.7. The number of nitrogens with zero attached hydrogens (tertiary/aromatic N) is 2. The van der Waals surface area contributed by atoms with Crippen LogP contribution in [0.25, 0.3) is 11.3 Å². The van der Waals surface area contributed by atoms with Crippen LogP contribution in [0.1, 0.15) is 42.7 Å². The Morgan fingerprint density at radius 2 is 2.15 bits per heavy atom. The van der Waals surface area contributed by atoms with Gasteiger partial charge in [0.05, 0.1) is 6.61 Å². The molecule has 0 saturated carbocycles. The van der Waals surface area contributed by atoms with Crippen LogP contribution < -0.4 is 0 Å². The van der Waals surface area contributed by atoms with E-state index in [2.05, 4.69) is 15.4 Å². The molecule has 0 fully saturated rings. The Kier molecular flexibility index (Phi) is 4.02. The molecule has 1 aromatic carbocycles. The van der Waals surface area contributed by atoms with Gasteiger partial charge in [-0.2, -0.15) is 10.3 Å². The van der Waals surface area contributed by atoms with Crippen LogP contribution in [-0.2, 0) is 4.74 Å². The number of ether oxygens (including phenoxy) is 1. The molecule has 0 bridgehead atoms. The summed E-state index contributed by atoms with van der Waals surface area (Å²) in [5.74, 6) is -0.291. The molecule has 2 N–H and O–H groups in total. The van der Waals surface area contributed by atoms with Crippen molar-refractivity contribution in [2.24, 2.45) is 0 Å². The maximum Gasteiger partial charge on any atom is 0.361 e. The summed E-state index contributed by atoms with van der Waals surface area (Å²) in [6, 6.07) is 5.35. The monoisotopic (exact) mass is 275 g/mol. The van der Waals surface area contributed by atoms with Crippen LogP contribution in [0.3, 0.4) is 0 Å². The molecule has 20 heavy (non-hydrogen) atoms. The van der Waals surface area contributed by atoms with Crippen molar-refractivity contribution in [1.82, 2.24) is 15.4 Å². The number of esters is 1. The highest BCUT2D eigenvalue weighted by atomic mass is 16.5. The van der Waals surface area contributed by atoms with Gasteiger partial charge in [0.25, 0.3) is 0 Å². The fourth-order valence-corrected chi connectivity index (χ4v) is 1.98. The number of aromatic nitrogens is 3. The first-order chi connectivity index (χ1) is 9.56. The van der Waals surface area contributed by atoms with E-state index in [1.165, 1.54) is 0 Å². The van der Waals surface area contributed by atoms with Crippen molar-refractivity contribution in [3.63, 3.8) is 0 Å². The van der Waals surface area contributed by atoms with Gasteiger partial charge in [0.15, 0.2) is 5.69 Å². The second-order valence-corrected chi connectivity index (χ2v) is 4.64. The Morgan fingerprint density at radius 3 is 2.80 bits per heavy atom. The van der Waals surface area contributed by atoms with Crippen molar-refractivity contribution in [1.29, 1.82) is 0 Å². The molecule has 6 heteroatoms. The fraction of sp³-hybridized carbons (Fsp3) is 0.357. The lowest BCUT2D eigenvalue weighted by atomic mass is 9.97. The average Bonchev–Trinajstić information content (AvgIpc) is 2.88. The van der Waals surface area contributed by atoms with E-state index >= 15 is 0 Å². The predicted octanol–water partition coefficient (Wildman–Crippen LogP) is 2.48. The lowest BCUT2D eigenvalue weighted by molar-refractivity contribution is 0.0520. The van der Waals surface area contributed by atoms with E-state index in [0.29, 0.717) is 11.3 Å². The quantitative estimate of drug-likeness (QED) is 0.837. The van der Waals surface area contributed by atoms with Gasteiger partial charge < -0.3 is 9.84 Å². The SMILES string of the molecule is CCOC(=O)c1n[nH]nc1-c1cccc(C(C)C)c1O. The first kappa shape index (κ1) is 14.0. The maximum absolute atomic E-state index is 11.8. The molecular weight excluding hydrogens is 258 g/mol. The van der Waals surface area contributed by atoms with E-state index in [0.717, 1.165) is 5.56 Å². The summed E-state index contributed by atoms with van der Waals surface area (Å²) in [7, 11) is 0. The summed E-state index contributed by atoms with van der Waals surface area (Å²) >= 11 is 0. The molecule has 0 aliphatic carbocycles. The highest BCUT2D eigenvalue weighted by Gasteiger charge is 2.22. The number of hydrogen-bond acceptors (Lipinski definition) is 5. The summed E-state index contributed by atoms with van der Waals surface area (Å²) in [5, 5.41) is 20.5. The number of hydrogen-bond donors (Lipinski definition) is 2. The minimum absolute atomic E-state index is 0.0723. The first-order valence-electron chi connectivity index (χ1n) is 6.46. The van der Waals surface area contributed by atoms with Crippen LogP contribution in [0.4, 0.5) is 0 Å². The topological polar surface area (TPSA) is 88.1 Å². The number of H-pyrrole nitrogens is 1. The molecule has 0 aliphatic heterocycles. The van der Waals surface area contributed by atoms with Crippen molar-refractivity contribution in [2.75, 3.05) is 6.61 Å². The third kappa shape index (κ3) is 2.49. The lowest BCUT2D eigenvalue weighted by Gasteiger charge is -2.11. The van der Waals surface area contributed by atoms with Crippen molar-refractivity contribution in [2.45, 2.75) is 26.7 Å². The summed E-state index contributed by atoms with van der Waals surface area (Å²) in [6.45, 7) is 5.93. The summed E-state index contributed by atoms with van der Waals surface area (Å²) in [6.07, 6.45) is 0. The molecule has 0 unspecified atom stereocenters. The molecule has 6 nitrogen and oxygen atoms in total. The molecule has 0 radical (unpaired) electrons. The lowest BCUT2D eigenvalue weighted by Crippen LogP contribution is -2.07. The van der Waals surface area contributed by atoms with Gasteiger partial charge in [-0.25, -0.2) is 4.79 Å². The number of phenolic OH excluding ortho intramolecular Hbond substituents is 1. The highest BCUT2D eigenvalue weighted by Crippen LogP contribution is 2.35. The van der Waals surface area contributed by atoms with Crippen LogP contribution >= 0.6 is 0 Å². The second kappa shape index (κ2) is 5.73. The van der Waals surface area contributed by atoms with Crippen molar-refractivity contribution >= 4 is 5.97 Å². The predicted molar refractivity (Wildman–Crippen MR) is 73.5 cm³/mol. The Morgan fingerprint density at radius 1 is 1.40 bits per heavy atom. The first-order valence-corrected chi connectivity index (χ1v) is 6.46. The van der Waals surface area contributed by atoms with E-state index < -0.39 is 5.97 Å². The molecule has 0 aliphatic rings. The van der Waals surface area contributed by atoms with Crippen LogP contribution in [0.2, 0.25) is 0 Å². The van der Waals surface area contributed by atoms with Gasteiger partial charge in [0, 0.05) is 5.56 Å². The molecule has 0 amide bonds. The van der Waals surface area contributed by atoms with Gasteiger partial charge in [0.2, 0.25) is 0 Å². The molecule has 0 atom stereocenters. The molecule has 2 aromatic rings. The van der Waals surface area contributed by atoms with Crippen LogP contribution in [0.15, 0.2) is 18.2 Å². The molecule has 0 spiro atoms. The van der Waals surface area contributed by atoms with Crippen LogP contribution in [0.5, 0.6) is 5.75 Å². The van der Waals surface area contributed by atoms with Gasteiger partial charge in [-0.15, -0.1) is 5.10 Å². The number of rotatable bonds is 4. The van der Waals surface area contributed by atoms with E-state index in [4.69, 9.17) is 4.74 Å². The Hall–Kier alpha value is -2.37. The molecule has 106 valence electrons. The Labute approximate surface area is 116 Å². The zero-order chi connectivity index (χ0) is 14.7. The highest BCUT2D eigenvalue weighted by molar-refractivity contribution is 5.94.